The maximum atomic E-state index is 13.2. The van der Waals surface area contributed by atoms with Crippen molar-refractivity contribution in [1.82, 2.24) is 24.6 Å². The van der Waals surface area contributed by atoms with Crippen LogP contribution in [0.15, 0.2) is 23.0 Å². The minimum atomic E-state index is -0.179. The number of aliphatic hydroxyl groups is 1. The number of aryl methyl sites for hydroxylation is 1. The fourth-order valence-corrected chi connectivity index (χ4v) is 5.27. The van der Waals surface area contributed by atoms with Gasteiger partial charge in [-0.3, -0.25) is 14.4 Å². The highest BCUT2D eigenvalue weighted by Crippen LogP contribution is 2.32. The SMILES string of the molecule is COc1cc(CN2CCC(O)CC2)ccc1-c1nc2c(C)nn(C3CCCCC3)c2c(=O)[nH]1. The van der Waals surface area contributed by atoms with E-state index < -0.39 is 0 Å². The zero-order valence-corrected chi connectivity index (χ0v) is 19.5. The third-order valence-electron chi connectivity index (χ3n) is 7.13. The van der Waals surface area contributed by atoms with Crippen molar-refractivity contribution < 1.29 is 9.84 Å². The summed E-state index contributed by atoms with van der Waals surface area (Å²) in [6.45, 7) is 4.51. The fraction of sp³-hybridized carbons (Fsp3) is 0.560. The number of likely N-dealkylation sites (tertiary alicyclic amines) is 1. The Labute approximate surface area is 193 Å². The first kappa shape index (κ1) is 22.1. The first-order valence-corrected chi connectivity index (χ1v) is 12.1. The van der Waals surface area contributed by atoms with Crippen molar-refractivity contribution in [3.05, 3.63) is 39.8 Å². The average molecular weight is 452 g/mol. The topological polar surface area (TPSA) is 96.3 Å². The van der Waals surface area contributed by atoms with Gasteiger partial charge < -0.3 is 14.8 Å². The van der Waals surface area contributed by atoms with E-state index in [2.05, 4.69) is 16.0 Å². The molecule has 2 aliphatic rings. The molecule has 0 spiro atoms. The van der Waals surface area contributed by atoms with E-state index in [1.165, 1.54) is 19.3 Å². The van der Waals surface area contributed by atoms with Crippen LogP contribution >= 0.6 is 0 Å². The van der Waals surface area contributed by atoms with Gasteiger partial charge in [0.05, 0.1) is 30.5 Å². The summed E-state index contributed by atoms with van der Waals surface area (Å²) in [6, 6.07) is 6.32. The molecule has 1 aromatic carbocycles. The minimum Gasteiger partial charge on any atom is -0.496 e. The molecular weight excluding hydrogens is 418 g/mol. The van der Waals surface area contributed by atoms with Gasteiger partial charge in [-0.15, -0.1) is 0 Å². The number of methoxy groups -OCH3 is 1. The highest BCUT2D eigenvalue weighted by molar-refractivity contribution is 5.79. The van der Waals surface area contributed by atoms with Crippen LogP contribution in [0.3, 0.4) is 0 Å². The van der Waals surface area contributed by atoms with E-state index in [1.54, 1.807) is 7.11 Å². The molecule has 2 fully saturated rings. The summed E-state index contributed by atoms with van der Waals surface area (Å²) in [7, 11) is 1.64. The summed E-state index contributed by atoms with van der Waals surface area (Å²) in [4.78, 5) is 23.3. The number of benzene rings is 1. The maximum Gasteiger partial charge on any atom is 0.277 e. The summed E-state index contributed by atoms with van der Waals surface area (Å²) < 4.78 is 7.60. The number of aliphatic hydroxyl groups excluding tert-OH is 1. The molecule has 2 N–H and O–H groups in total. The van der Waals surface area contributed by atoms with Gasteiger partial charge in [0.1, 0.15) is 17.1 Å². The Morgan fingerprint density at radius 1 is 1.15 bits per heavy atom. The first-order valence-electron chi connectivity index (χ1n) is 12.1. The third kappa shape index (κ3) is 4.42. The van der Waals surface area contributed by atoms with Crippen LogP contribution in [-0.4, -0.2) is 56.1 Å². The molecule has 1 saturated heterocycles. The average Bonchev–Trinajstić information content (AvgIpc) is 3.18. The molecule has 1 aliphatic heterocycles. The number of hydrogen-bond donors (Lipinski definition) is 2. The Kier molecular flexibility index (Phi) is 6.21. The molecule has 0 radical (unpaired) electrons. The van der Waals surface area contributed by atoms with Gasteiger partial charge in [0.2, 0.25) is 0 Å². The summed E-state index contributed by atoms with van der Waals surface area (Å²) in [5.74, 6) is 1.19. The molecular formula is C25H33N5O3. The van der Waals surface area contributed by atoms with Crippen molar-refractivity contribution in [2.45, 2.75) is 70.6 Å². The van der Waals surface area contributed by atoms with Crippen molar-refractivity contribution in [3.63, 3.8) is 0 Å². The first-order chi connectivity index (χ1) is 16.0. The van der Waals surface area contributed by atoms with Crippen LogP contribution in [-0.2, 0) is 6.54 Å². The Balaban J connectivity index is 1.47. The molecule has 33 heavy (non-hydrogen) atoms. The van der Waals surface area contributed by atoms with E-state index in [4.69, 9.17) is 14.8 Å². The van der Waals surface area contributed by atoms with Crippen molar-refractivity contribution >= 4 is 11.0 Å². The standard InChI is InChI=1S/C25H33N5O3/c1-16-22-23(30(28-16)18-6-4-3-5-7-18)25(32)27-24(26-22)20-9-8-17(14-21(20)33-2)15-29-12-10-19(31)11-13-29/h8-9,14,18-19,31H,3-7,10-13,15H2,1-2H3,(H,26,27,32). The molecule has 5 rings (SSSR count). The van der Waals surface area contributed by atoms with E-state index in [9.17, 15) is 9.90 Å². The lowest BCUT2D eigenvalue weighted by Gasteiger charge is -2.29. The number of fused-ring (bicyclic) bond motifs is 1. The number of aromatic amines is 1. The predicted octanol–water partition coefficient (Wildman–Crippen LogP) is 3.57. The van der Waals surface area contributed by atoms with Gasteiger partial charge >= 0.3 is 0 Å². The minimum absolute atomic E-state index is 0.154. The van der Waals surface area contributed by atoms with E-state index >= 15 is 0 Å². The van der Waals surface area contributed by atoms with E-state index in [0.717, 1.165) is 62.1 Å². The van der Waals surface area contributed by atoms with Gasteiger partial charge in [-0.2, -0.15) is 5.10 Å². The van der Waals surface area contributed by atoms with Gasteiger partial charge in [-0.25, -0.2) is 4.98 Å². The van der Waals surface area contributed by atoms with E-state index in [-0.39, 0.29) is 17.7 Å². The largest absolute Gasteiger partial charge is 0.496 e. The second kappa shape index (κ2) is 9.27. The molecule has 3 heterocycles. The van der Waals surface area contributed by atoms with E-state index in [0.29, 0.717) is 22.6 Å². The quantitative estimate of drug-likeness (QED) is 0.616. The number of rotatable bonds is 5. The highest BCUT2D eigenvalue weighted by Gasteiger charge is 2.23. The third-order valence-corrected chi connectivity index (χ3v) is 7.13. The molecule has 0 unspecified atom stereocenters. The molecule has 0 amide bonds. The highest BCUT2D eigenvalue weighted by atomic mass is 16.5. The van der Waals surface area contributed by atoms with Crippen LogP contribution < -0.4 is 10.3 Å². The molecule has 8 heteroatoms. The van der Waals surface area contributed by atoms with Gasteiger partial charge in [0.15, 0.2) is 5.52 Å². The molecule has 1 aliphatic carbocycles. The van der Waals surface area contributed by atoms with Crippen molar-refractivity contribution in [2.24, 2.45) is 0 Å². The van der Waals surface area contributed by atoms with Crippen LogP contribution in [0.25, 0.3) is 22.4 Å². The summed E-state index contributed by atoms with van der Waals surface area (Å²) in [6.07, 6.45) is 7.17. The lowest BCUT2D eigenvalue weighted by Crippen LogP contribution is -2.35. The summed E-state index contributed by atoms with van der Waals surface area (Å²) in [5, 5.41) is 14.5. The molecule has 3 aromatic rings. The lowest BCUT2D eigenvalue weighted by atomic mass is 9.95. The van der Waals surface area contributed by atoms with Crippen molar-refractivity contribution in [2.75, 3.05) is 20.2 Å². The predicted molar refractivity (Wildman–Crippen MR) is 128 cm³/mol. The van der Waals surface area contributed by atoms with Crippen LogP contribution in [0.5, 0.6) is 5.75 Å². The second-order valence-corrected chi connectivity index (χ2v) is 9.48. The Hall–Kier alpha value is -2.71. The van der Waals surface area contributed by atoms with Crippen molar-refractivity contribution in [3.8, 4) is 17.1 Å². The van der Waals surface area contributed by atoms with Crippen LogP contribution in [0.1, 0.15) is 62.2 Å². The van der Waals surface area contributed by atoms with Gasteiger partial charge in [0, 0.05) is 19.6 Å². The Bertz CT molecular complexity index is 1190. The number of piperidine rings is 1. The number of nitrogens with one attached hydrogen (secondary N) is 1. The lowest BCUT2D eigenvalue weighted by molar-refractivity contribution is 0.0792. The summed E-state index contributed by atoms with van der Waals surface area (Å²) in [5.41, 5.74) is 3.77. The smallest absolute Gasteiger partial charge is 0.277 e. The van der Waals surface area contributed by atoms with Gasteiger partial charge in [-0.1, -0.05) is 25.3 Å². The van der Waals surface area contributed by atoms with E-state index in [1.807, 2.05) is 23.7 Å². The molecule has 0 atom stereocenters. The normalized spacial score (nSPS) is 18.8. The number of aromatic nitrogens is 4. The number of H-pyrrole nitrogens is 1. The van der Waals surface area contributed by atoms with Gasteiger partial charge in [-0.05, 0) is 50.3 Å². The van der Waals surface area contributed by atoms with Crippen LogP contribution in [0, 0.1) is 6.92 Å². The zero-order valence-electron chi connectivity index (χ0n) is 19.5. The van der Waals surface area contributed by atoms with Crippen LogP contribution in [0.2, 0.25) is 0 Å². The van der Waals surface area contributed by atoms with Gasteiger partial charge in [0.25, 0.3) is 5.56 Å². The number of hydrogen-bond acceptors (Lipinski definition) is 6. The molecule has 176 valence electrons. The Morgan fingerprint density at radius 2 is 1.91 bits per heavy atom. The molecule has 0 bridgehead atoms. The molecule has 8 nitrogen and oxygen atoms in total. The van der Waals surface area contributed by atoms with Crippen LogP contribution in [0.4, 0.5) is 0 Å². The maximum absolute atomic E-state index is 13.2. The monoisotopic (exact) mass is 451 g/mol. The fourth-order valence-electron chi connectivity index (χ4n) is 5.27. The van der Waals surface area contributed by atoms with Crippen molar-refractivity contribution in [1.29, 1.82) is 0 Å². The zero-order chi connectivity index (χ0) is 22.9. The number of nitrogens with zero attached hydrogens (tertiary/aromatic N) is 4. The molecule has 1 saturated carbocycles. The second-order valence-electron chi connectivity index (χ2n) is 9.48. The number of ether oxygens (including phenoxy) is 1. The Morgan fingerprint density at radius 3 is 2.64 bits per heavy atom. The molecule has 2 aromatic heterocycles. The summed E-state index contributed by atoms with van der Waals surface area (Å²) >= 11 is 0.